The van der Waals surface area contributed by atoms with Gasteiger partial charge in [-0.25, -0.2) is 0 Å². The van der Waals surface area contributed by atoms with Crippen LogP contribution >= 0.6 is 0 Å². The van der Waals surface area contributed by atoms with Crippen LogP contribution in [0.4, 0.5) is 0 Å². The van der Waals surface area contributed by atoms with E-state index in [9.17, 15) is 4.79 Å². The average molecular weight is 252 g/mol. The van der Waals surface area contributed by atoms with Crippen molar-refractivity contribution >= 4 is 16.7 Å². The standard InChI is InChI=1S/C16H16N2O/c1-12-10-18(14-7-4-3-6-13(12)14)11-16(19)15-8-5-9-17(15)2/h3-10H,11H2,1-2H3. The summed E-state index contributed by atoms with van der Waals surface area (Å²) >= 11 is 0. The van der Waals surface area contributed by atoms with Crippen LogP contribution in [-0.4, -0.2) is 14.9 Å². The average Bonchev–Trinajstić information content (AvgIpc) is 2.95. The number of carbonyl (C=O) groups excluding carboxylic acids is 1. The van der Waals surface area contributed by atoms with E-state index in [0.29, 0.717) is 6.54 Å². The molecule has 0 amide bonds. The lowest BCUT2D eigenvalue weighted by Crippen LogP contribution is -2.12. The number of rotatable bonds is 3. The van der Waals surface area contributed by atoms with Crippen molar-refractivity contribution in [3.05, 3.63) is 60.0 Å². The fourth-order valence-corrected chi connectivity index (χ4v) is 2.55. The normalized spacial score (nSPS) is 11.1. The molecule has 0 unspecified atom stereocenters. The zero-order chi connectivity index (χ0) is 13.4. The van der Waals surface area contributed by atoms with E-state index in [2.05, 4.69) is 19.1 Å². The number of aryl methyl sites for hydroxylation is 2. The van der Waals surface area contributed by atoms with Gasteiger partial charge in [0.25, 0.3) is 0 Å². The van der Waals surface area contributed by atoms with Crippen LogP contribution in [0.3, 0.4) is 0 Å². The number of ketones is 1. The molecule has 1 aromatic carbocycles. The summed E-state index contributed by atoms with van der Waals surface area (Å²) in [4.78, 5) is 12.3. The van der Waals surface area contributed by atoms with Crippen molar-refractivity contribution in [2.24, 2.45) is 7.05 Å². The SMILES string of the molecule is Cc1cn(CC(=O)c2cccn2C)c2ccccc12. The van der Waals surface area contributed by atoms with E-state index >= 15 is 0 Å². The molecule has 0 saturated heterocycles. The topological polar surface area (TPSA) is 26.9 Å². The molecular weight excluding hydrogens is 236 g/mol. The molecule has 0 N–H and O–H groups in total. The van der Waals surface area contributed by atoms with Crippen molar-refractivity contribution in [3.8, 4) is 0 Å². The molecule has 3 nitrogen and oxygen atoms in total. The third-order valence-electron chi connectivity index (χ3n) is 3.53. The molecule has 3 aromatic rings. The number of fused-ring (bicyclic) bond motifs is 1. The maximum absolute atomic E-state index is 12.3. The predicted octanol–water partition coefficient (Wildman–Crippen LogP) is 3.17. The van der Waals surface area contributed by atoms with Crippen LogP contribution in [-0.2, 0) is 13.6 Å². The van der Waals surface area contributed by atoms with Gasteiger partial charge in [0.1, 0.15) is 0 Å². The van der Waals surface area contributed by atoms with E-state index in [0.717, 1.165) is 11.2 Å². The van der Waals surface area contributed by atoms with E-state index in [-0.39, 0.29) is 5.78 Å². The molecule has 0 aliphatic heterocycles. The van der Waals surface area contributed by atoms with Crippen LogP contribution in [0.1, 0.15) is 16.1 Å². The minimum Gasteiger partial charge on any atom is -0.348 e. The second-order valence-electron chi connectivity index (χ2n) is 4.88. The van der Waals surface area contributed by atoms with Gasteiger partial charge >= 0.3 is 0 Å². The molecule has 3 heteroatoms. The van der Waals surface area contributed by atoms with Crippen molar-refractivity contribution in [2.45, 2.75) is 13.5 Å². The Hall–Kier alpha value is -2.29. The Labute approximate surface area is 112 Å². The summed E-state index contributed by atoms with van der Waals surface area (Å²) in [7, 11) is 1.90. The maximum atomic E-state index is 12.3. The minimum atomic E-state index is 0.133. The van der Waals surface area contributed by atoms with Gasteiger partial charge in [-0.2, -0.15) is 0 Å². The molecule has 3 rings (SSSR count). The highest BCUT2D eigenvalue weighted by atomic mass is 16.1. The highest BCUT2D eigenvalue weighted by Crippen LogP contribution is 2.20. The Morgan fingerprint density at radius 3 is 2.68 bits per heavy atom. The molecule has 0 radical (unpaired) electrons. The number of nitrogens with zero attached hydrogens (tertiary/aromatic N) is 2. The van der Waals surface area contributed by atoms with Crippen molar-refractivity contribution in [3.63, 3.8) is 0 Å². The van der Waals surface area contributed by atoms with Crippen LogP contribution in [0.2, 0.25) is 0 Å². The first-order valence-electron chi connectivity index (χ1n) is 6.36. The number of aromatic nitrogens is 2. The third-order valence-corrected chi connectivity index (χ3v) is 3.53. The quantitative estimate of drug-likeness (QED) is 0.658. The van der Waals surface area contributed by atoms with Crippen LogP contribution in [0.25, 0.3) is 10.9 Å². The van der Waals surface area contributed by atoms with Crippen LogP contribution < -0.4 is 0 Å². The predicted molar refractivity (Wildman–Crippen MR) is 76.4 cm³/mol. The second-order valence-corrected chi connectivity index (χ2v) is 4.88. The first-order valence-corrected chi connectivity index (χ1v) is 6.36. The van der Waals surface area contributed by atoms with Crippen molar-refractivity contribution in [1.29, 1.82) is 0 Å². The summed E-state index contributed by atoms with van der Waals surface area (Å²) in [5.41, 5.74) is 3.06. The van der Waals surface area contributed by atoms with Gasteiger partial charge in [-0.15, -0.1) is 0 Å². The summed E-state index contributed by atoms with van der Waals surface area (Å²) in [6.07, 6.45) is 3.94. The molecule has 0 aliphatic carbocycles. The van der Waals surface area contributed by atoms with Gasteiger partial charge < -0.3 is 9.13 Å². The molecule has 0 spiro atoms. The van der Waals surface area contributed by atoms with Gasteiger partial charge in [-0.3, -0.25) is 4.79 Å². The van der Waals surface area contributed by atoms with Gasteiger partial charge in [-0.1, -0.05) is 18.2 Å². The van der Waals surface area contributed by atoms with E-state index in [1.807, 2.05) is 52.8 Å². The first-order chi connectivity index (χ1) is 9.16. The molecule has 0 aliphatic rings. The van der Waals surface area contributed by atoms with E-state index in [1.165, 1.54) is 10.9 Å². The Balaban J connectivity index is 1.98. The van der Waals surface area contributed by atoms with Crippen molar-refractivity contribution in [1.82, 2.24) is 9.13 Å². The summed E-state index contributed by atoms with van der Waals surface area (Å²) in [5, 5.41) is 1.21. The van der Waals surface area contributed by atoms with Crippen LogP contribution in [0, 0.1) is 6.92 Å². The number of Topliss-reactive ketones (excluding diaryl/α,β-unsaturated/α-hetero) is 1. The summed E-state index contributed by atoms with van der Waals surface area (Å²) in [5.74, 6) is 0.133. The number of benzene rings is 1. The largest absolute Gasteiger partial charge is 0.348 e. The van der Waals surface area contributed by atoms with E-state index < -0.39 is 0 Å². The number of para-hydroxylation sites is 1. The summed E-state index contributed by atoms with van der Waals surface area (Å²) in [6.45, 7) is 2.46. The lowest BCUT2D eigenvalue weighted by molar-refractivity contribution is 0.0965. The fourth-order valence-electron chi connectivity index (χ4n) is 2.55. The molecule has 96 valence electrons. The Bertz CT molecular complexity index is 749. The number of hydrogen-bond acceptors (Lipinski definition) is 1. The van der Waals surface area contributed by atoms with Crippen LogP contribution in [0.15, 0.2) is 48.8 Å². The lowest BCUT2D eigenvalue weighted by atomic mass is 10.2. The van der Waals surface area contributed by atoms with Crippen molar-refractivity contribution < 1.29 is 4.79 Å². The van der Waals surface area contributed by atoms with E-state index in [4.69, 9.17) is 0 Å². The molecule has 0 atom stereocenters. The zero-order valence-corrected chi connectivity index (χ0v) is 11.1. The molecule has 2 aromatic heterocycles. The molecular formula is C16H16N2O. The molecule has 0 bridgehead atoms. The highest BCUT2D eigenvalue weighted by Gasteiger charge is 2.12. The first kappa shape index (κ1) is 11.8. The molecule has 19 heavy (non-hydrogen) atoms. The maximum Gasteiger partial charge on any atom is 0.198 e. The molecule has 2 heterocycles. The zero-order valence-electron chi connectivity index (χ0n) is 11.1. The number of carbonyl (C=O) groups is 1. The summed E-state index contributed by atoms with van der Waals surface area (Å²) in [6, 6.07) is 11.9. The molecule has 0 saturated carbocycles. The fraction of sp³-hybridized carbons (Fsp3) is 0.188. The van der Waals surface area contributed by atoms with E-state index in [1.54, 1.807) is 0 Å². The Kier molecular flexibility index (Phi) is 2.75. The number of hydrogen-bond donors (Lipinski definition) is 0. The smallest absolute Gasteiger partial charge is 0.198 e. The van der Waals surface area contributed by atoms with Crippen molar-refractivity contribution in [2.75, 3.05) is 0 Å². The monoisotopic (exact) mass is 252 g/mol. The van der Waals surface area contributed by atoms with Gasteiger partial charge in [0.15, 0.2) is 5.78 Å². The minimum absolute atomic E-state index is 0.133. The second kappa shape index (κ2) is 4.43. The van der Waals surface area contributed by atoms with Crippen LogP contribution in [0.5, 0.6) is 0 Å². The third kappa shape index (κ3) is 1.97. The van der Waals surface area contributed by atoms with Gasteiger partial charge in [0.05, 0.1) is 12.2 Å². The van der Waals surface area contributed by atoms with Gasteiger partial charge in [-0.05, 0) is 30.7 Å². The summed E-state index contributed by atoms with van der Waals surface area (Å²) < 4.78 is 3.89. The Morgan fingerprint density at radius 1 is 1.16 bits per heavy atom. The lowest BCUT2D eigenvalue weighted by Gasteiger charge is -2.05. The highest BCUT2D eigenvalue weighted by molar-refractivity contribution is 5.95. The Morgan fingerprint density at radius 2 is 1.95 bits per heavy atom. The van der Waals surface area contributed by atoms with Gasteiger partial charge in [0.2, 0.25) is 0 Å². The molecule has 0 fully saturated rings. The van der Waals surface area contributed by atoms with Gasteiger partial charge in [0, 0.05) is 30.3 Å².